The van der Waals surface area contributed by atoms with Crippen LogP contribution in [0.5, 0.6) is 0 Å². The summed E-state index contributed by atoms with van der Waals surface area (Å²) in [6, 6.07) is 10.7. The van der Waals surface area contributed by atoms with Crippen molar-refractivity contribution in [2.75, 3.05) is 19.6 Å². The number of fused-ring (bicyclic) bond motifs is 2. The van der Waals surface area contributed by atoms with Crippen molar-refractivity contribution in [3.8, 4) is 11.3 Å². The van der Waals surface area contributed by atoms with Gasteiger partial charge < -0.3 is 19.9 Å². The van der Waals surface area contributed by atoms with E-state index in [9.17, 15) is 14.7 Å². The van der Waals surface area contributed by atoms with Gasteiger partial charge in [-0.15, -0.1) is 0 Å². The van der Waals surface area contributed by atoms with E-state index in [0.29, 0.717) is 41.4 Å². The smallest absolute Gasteiger partial charge is 0.407 e. The molecular weight excluding hydrogens is 430 g/mol. The Balaban J connectivity index is 1.47. The third kappa shape index (κ3) is 3.52. The zero-order chi connectivity index (χ0) is 22.4. The summed E-state index contributed by atoms with van der Waals surface area (Å²) in [5.41, 5.74) is 3.41. The van der Waals surface area contributed by atoms with Crippen LogP contribution in [0.1, 0.15) is 17.3 Å². The number of H-pyrrole nitrogens is 1. The van der Waals surface area contributed by atoms with Gasteiger partial charge in [0.15, 0.2) is 0 Å². The fourth-order valence-corrected chi connectivity index (χ4v) is 4.42. The van der Waals surface area contributed by atoms with Gasteiger partial charge in [-0.05, 0) is 37.3 Å². The standard InChI is InChI=1S/C23H20ClN5O3/c1-13-12-28(6-7-29(13)23(31)32)22(30)15-2-3-17-18(24)10-19(27-20(17)9-15)16-8-14-4-5-25-21(14)26-11-16/h2-5,8-11,13H,6-7,12H2,1H3,(H,25,26)(H,31,32). The van der Waals surface area contributed by atoms with Gasteiger partial charge in [0.25, 0.3) is 5.91 Å². The zero-order valence-corrected chi connectivity index (χ0v) is 18.0. The van der Waals surface area contributed by atoms with E-state index in [1.54, 1.807) is 42.3 Å². The Morgan fingerprint density at radius 2 is 2.03 bits per heavy atom. The summed E-state index contributed by atoms with van der Waals surface area (Å²) in [4.78, 5) is 39.7. The lowest BCUT2D eigenvalue weighted by Gasteiger charge is -2.38. The number of benzene rings is 1. The number of rotatable bonds is 2. The van der Waals surface area contributed by atoms with Crippen LogP contribution < -0.4 is 0 Å². The Labute approximate surface area is 188 Å². The molecule has 5 rings (SSSR count). The molecule has 1 aliphatic heterocycles. The molecule has 0 bridgehead atoms. The van der Waals surface area contributed by atoms with Crippen molar-refractivity contribution in [3.05, 3.63) is 59.4 Å². The molecule has 0 saturated carbocycles. The molecule has 1 fully saturated rings. The van der Waals surface area contributed by atoms with E-state index < -0.39 is 6.09 Å². The first-order valence-corrected chi connectivity index (χ1v) is 10.6. The van der Waals surface area contributed by atoms with Crippen molar-refractivity contribution in [2.45, 2.75) is 13.0 Å². The second-order valence-electron chi connectivity index (χ2n) is 7.94. The van der Waals surface area contributed by atoms with E-state index >= 15 is 0 Å². The molecule has 162 valence electrons. The van der Waals surface area contributed by atoms with E-state index in [-0.39, 0.29) is 11.9 Å². The third-order valence-electron chi connectivity index (χ3n) is 5.86. The molecule has 1 aromatic carbocycles. The molecule has 3 aromatic heterocycles. The van der Waals surface area contributed by atoms with Crippen molar-refractivity contribution in [3.63, 3.8) is 0 Å². The molecule has 1 unspecified atom stereocenters. The number of piperazine rings is 1. The van der Waals surface area contributed by atoms with Crippen LogP contribution in [-0.4, -0.2) is 67.5 Å². The minimum atomic E-state index is -0.964. The fourth-order valence-electron chi connectivity index (χ4n) is 4.16. The van der Waals surface area contributed by atoms with E-state index in [1.807, 2.05) is 18.3 Å². The molecule has 0 radical (unpaired) electrons. The average molecular weight is 450 g/mol. The number of hydrogen-bond acceptors (Lipinski definition) is 4. The van der Waals surface area contributed by atoms with Gasteiger partial charge in [-0.2, -0.15) is 0 Å². The Bertz CT molecular complexity index is 1370. The number of hydrogen-bond donors (Lipinski definition) is 2. The van der Waals surface area contributed by atoms with Gasteiger partial charge in [0.1, 0.15) is 5.65 Å². The van der Waals surface area contributed by atoms with Gasteiger partial charge in [-0.1, -0.05) is 17.7 Å². The Morgan fingerprint density at radius 1 is 1.19 bits per heavy atom. The Morgan fingerprint density at radius 3 is 2.81 bits per heavy atom. The third-order valence-corrected chi connectivity index (χ3v) is 6.18. The quantitative estimate of drug-likeness (QED) is 0.476. The summed E-state index contributed by atoms with van der Waals surface area (Å²) in [5, 5.41) is 11.5. The van der Waals surface area contributed by atoms with Gasteiger partial charge >= 0.3 is 6.09 Å². The fraction of sp³-hybridized carbons (Fsp3) is 0.217. The zero-order valence-electron chi connectivity index (χ0n) is 17.2. The van der Waals surface area contributed by atoms with Gasteiger partial charge in [0, 0.05) is 60.0 Å². The van der Waals surface area contributed by atoms with E-state index in [0.717, 1.165) is 22.0 Å². The SMILES string of the molecule is CC1CN(C(=O)c2ccc3c(Cl)cc(-c4cnc5[nH]ccc5c4)nc3c2)CCN1C(=O)O. The molecule has 1 saturated heterocycles. The number of nitrogens with zero attached hydrogens (tertiary/aromatic N) is 4. The number of halogens is 1. The van der Waals surface area contributed by atoms with Crippen molar-refractivity contribution in [1.29, 1.82) is 0 Å². The minimum Gasteiger partial charge on any atom is -0.465 e. The average Bonchev–Trinajstić information content (AvgIpc) is 3.25. The molecule has 4 heterocycles. The summed E-state index contributed by atoms with van der Waals surface area (Å²) in [5.74, 6) is -0.150. The molecule has 4 aromatic rings. The molecule has 1 atom stereocenters. The van der Waals surface area contributed by atoms with Crippen LogP contribution in [0.2, 0.25) is 5.02 Å². The maximum Gasteiger partial charge on any atom is 0.407 e. The van der Waals surface area contributed by atoms with E-state index in [4.69, 9.17) is 16.6 Å². The monoisotopic (exact) mass is 449 g/mol. The number of carbonyl (C=O) groups excluding carboxylic acids is 1. The number of nitrogens with one attached hydrogen (secondary N) is 1. The molecule has 8 nitrogen and oxygen atoms in total. The van der Waals surface area contributed by atoms with Gasteiger partial charge in [0.2, 0.25) is 0 Å². The Kier molecular flexibility index (Phi) is 4.94. The lowest BCUT2D eigenvalue weighted by Crippen LogP contribution is -2.55. The second-order valence-corrected chi connectivity index (χ2v) is 8.34. The van der Waals surface area contributed by atoms with Crippen LogP contribution >= 0.6 is 11.6 Å². The molecule has 32 heavy (non-hydrogen) atoms. The topological polar surface area (TPSA) is 102 Å². The van der Waals surface area contributed by atoms with Gasteiger partial charge in [-0.3, -0.25) is 4.79 Å². The lowest BCUT2D eigenvalue weighted by atomic mass is 10.1. The second kappa shape index (κ2) is 7.80. The highest BCUT2D eigenvalue weighted by Gasteiger charge is 2.30. The maximum absolute atomic E-state index is 13.1. The summed E-state index contributed by atoms with van der Waals surface area (Å²) in [7, 11) is 0. The number of carboxylic acid groups (broad SMARTS) is 1. The number of aromatic nitrogens is 3. The first-order valence-electron chi connectivity index (χ1n) is 10.2. The van der Waals surface area contributed by atoms with Crippen LogP contribution in [0.4, 0.5) is 4.79 Å². The Hall–Kier alpha value is -3.65. The van der Waals surface area contributed by atoms with E-state index in [1.165, 1.54) is 4.90 Å². The molecule has 0 spiro atoms. The predicted octanol–water partition coefficient (Wildman–Crippen LogP) is 4.26. The van der Waals surface area contributed by atoms with Gasteiger partial charge in [0.05, 0.1) is 16.2 Å². The van der Waals surface area contributed by atoms with Crippen molar-refractivity contribution < 1.29 is 14.7 Å². The number of carbonyl (C=O) groups is 2. The lowest BCUT2D eigenvalue weighted by molar-refractivity contribution is 0.0507. The molecule has 1 aliphatic rings. The predicted molar refractivity (Wildman–Crippen MR) is 122 cm³/mol. The highest BCUT2D eigenvalue weighted by atomic mass is 35.5. The van der Waals surface area contributed by atoms with Crippen LogP contribution in [0.15, 0.2) is 48.8 Å². The number of amides is 2. The molecule has 0 aliphatic carbocycles. The van der Waals surface area contributed by atoms with Crippen LogP contribution in [0, 0.1) is 0 Å². The summed E-state index contributed by atoms with van der Waals surface area (Å²) < 4.78 is 0. The highest BCUT2D eigenvalue weighted by molar-refractivity contribution is 6.35. The summed E-state index contributed by atoms with van der Waals surface area (Å²) in [6.45, 7) is 2.79. The van der Waals surface area contributed by atoms with Gasteiger partial charge in [-0.25, -0.2) is 14.8 Å². The maximum atomic E-state index is 13.1. The first-order chi connectivity index (χ1) is 15.4. The number of aromatic amines is 1. The van der Waals surface area contributed by atoms with Crippen molar-refractivity contribution in [2.24, 2.45) is 0 Å². The summed E-state index contributed by atoms with van der Waals surface area (Å²) in [6.07, 6.45) is 2.60. The van der Waals surface area contributed by atoms with E-state index in [2.05, 4.69) is 9.97 Å². The van der Waals surface area contributed by atoms with Crippen molar-refractivity contribution in [1.82, 2.24) is 24.8 Å². The first kappa shape index (κ1) is 20.3. The molecule has 2 N–H and O–H groups in total. The highest BCUT2D eigenvalue weighted by Crippen LogP contribution is 2.30. The molecule has 9 heteroatoms. The largest absolute Gasteiger partial charge is 0.465 e. The summed E-state index contributed by atoms with van der Waals surface area (Å²) >= 11 is 6.53. The van der Waals surface area contributed by atoms with Crippen LogP contribution in [0.3, 0.4) is 0 Å². The molecular formula is C23H20ClN5O3. The minimum absolute atomic E-state index is 0.150. The molecule has 2 amide bonds. The van der Waals surface area contributed by atoms with Crippen LogP contribution in [0.25, 0.3) is 33.2 Å². The van der Waals surface area contributed by atoms with Crippen LogP contribution in [-0.2, 0) is 0 Å². The number of pyridine rings is 2. The normalized spacial score (nSPS) is 16.6. The van der Waals surface area contributed by atoms with Crippen molar-refractivity contribution >= 4 is 45.5 Å².